The topological polar surface area (TPSA) is 56.7 Å². The average molecular weight is 315 g/mol. The lowest BCUT2D eigenvalue weighted by molar-refractivity contribution is 0.808. The van der Waals surface area contributed by atoms with E-state index in [0.29, 0.717) is 5.69 Å². The normalized spacial score (nSPS) is 10.6. The van der Waals surface area contributed by atoms with E-state index in [9.17, 15) is 0 Å². The van der Waals surface area contributed by atoms with Crippen LogP contribution in [0.1, 0.15) is 0 Å². The van der Waals surface area contributed by atoms with Crippen LogP contribution in [0.3, 0.4) is 0 Å². The molecule has 2 N–H and O–H groups in total. The van der Waals surface area contributed by atoms with Gasteiger partial charge in [0.05, 0.1) is 17.6 Å². The van der Waals surface area contributed by atoms with Gasteiger partial charge in [0.25, 0.3) is 0 Å². The van der Waals surface area contributed by atoms with E-state index >= 15 is 0 Å². The van der Waals surface area contributed by atoms with Gasteiger partial charge in [0, 0.05) is 15.7 Å². The molecule has 0 aliphatic rings. The predicted molar refractivity (Wildman–Crippen MR) is 78.9 cm³/mol. The standard InChI is InChI=1S/C14H11BrN4/c15-11-6-4-10(5-7-11)14-9-17-18-19(14)13-3-1-2-12(16)8-13/h1-9H,16H2. The molecule has 0 aliphatic carbocycles. The van der Waals surface area contributed by atoms with Crippen LogP contribution >= 0.6 is 15.9 Å². The molecule has 1 heterocycles. The highest BCUT2D eigenvalue weighted by molar-refractivity contribution is 9.10. The number of hydrogen-bond acceptors (Lipinski definition) is 3. The van der Waals surface area contributed by atoms with Gasteiger partial charge >= 0.3 is 0 Å². The van der Waals surface area contributed by atoms with Crippen LogP contribution in [0.2, 0.25) is 0 Å². The first-order valence-electron chi connectivity index (χ1n) is 5.76. The molecule has 0 saturated carbocycles. The number of aromatic nitrogens is 3. The van der Waals surface area contributed by atoms with E-state index in [0.717, 1.165) is 21.4 Å². The second kappa shape index (κ2) is 4.85. The lowest BCUT2D eigenvalue weighted by Crippen LogP contribution is -2.00. The van der Waals surface area contributed by atoms with E-state index in [-0.39, 0.29) is 0 Å². The summed E-state index contributed by atoms with van der Waals surface area (Å²) in [6.07, 6.45) is 1.74. The number of anilines is 1. The molecule has 0 atom stereocenters. The van der Waals surface area contributed by atoms with Gasteiger partial charge in [-0.3, -0.25) is 0 Å². The Morgan fingerprint density at radius 2 is 1.84 bits per heavy atom. The van der Waals surface area contributed by atoms with Crippen LogP contribution in [0.4, 0.5) is 5.69 Å². The van der Waals surface area contributed by atoms with Gasteiger partial charge < -0.3 is 5.73 Å². The van der Waals surface area contributed by atoms with Gasteiger partial charge in [-0.25, -0.2) is 4.68 Å². The van der Waals surface area contributed by atoms with Gasteiger partial charge in [-0.05, 0) is 30.3 Å². The van der Waals surface area contributed by atoms with Crippen LogP contribution in [0.5, 0.6) is 0 Å². The first-order chi connectivity index (χ1) is 9.24. The zero-order chi connectivity index (χ0) is 13.2. The van der Waals surface area contributed by atoms with Crippen LogP contribution in [0.15, 0.2) is 59.2 Å². The van der Waals surface area contributed by atoms with Gasteiger partial charge in [0.2, 0.25) is 0 Å². The van der Waals surface area contributed by atoms with E-state index in [1.54, 1.807) is 10.9 Å². The Labute approximate surface area is 119 Å². The highest BCUT2D eigenvalue weighted by atomic mass is 79.9. The molecule has 3 aromatic rings. The minimum atomic E-state index is 0.703. The smallest absolute Gasteiger partial charge is 0.0944 e. The molecule has 0 unspecified atom stereocenters. The largest absolute Gasteiger partial charge is 0.399 e. The summed E-state index contributed by atoms with van der Waals surface area (Å²) in [5, 5.41) is 8.11. The maximum Gasteiger partial charge on any atom is 0.0944 e. The molecule has 19 heavy (non-hydrogen) atoms. The number of halogens is 1. The predicted octanol–water partition coefficient (Wildman–Crippen LogP) is 3.28. The Morgan fingerprint density at radius 3 is 2.58 bits per heavy atom. The van der Waals surface area contributed by atoms with Crippen molar-refractivity contribution < 1.29 is 0 Å². The number of nitrogens with two attached hydrogens (primary N) is 1. The fourth-order valence-corrected chi connectivity index (χ4v) is 2.16. The molecule has 0 aliphatic heterocycles. The lowest BCUT2D eigenvalue weighted by atomic mass is 10.1. The molecular weight excluding hydrogens is 304 g/mol. The number of hydrogen-bond donors (Lipinski definition) is 1. The van der Waals surface area contributed by atoms with Crippen molar-refractivity contribution in [3.05, 3.63) is 59.2 Å². The molecule has 2 aromatic carbocycles. The molecule has 0 spiro atoms. The summed E-state index contributed by atoms with van der Waals surface area (Å²) >= 11 is 3.43. The first-order valence-corrected chi connectivity index (χ1v) is 6.56. The number of benzene rings is 2. The summed E-state index contributed by atoms with van der Waals surface area (Å²) in [4.78, 5) is 0. The van der Waals surface area contributed by atoms with Gasteiger partial charge in [0.15, 0.2) is 0 Å². The third kappa shape index (κ3) is 2.37. The zero-order valence-corrected chi connectivity index (χ0v) is 11.6. The molecule has 0 radical (unpaired) electrons. The number of rotatable bonds is 2. The van der Waals surface area contributed by atoms with E-state index in [1.165, 1.54) is 0 Å². The third-order valence-electron chi connectivity index (χ3n) is 2.80. The Kier molecular flexibility index (Phi) is 3.05. The number of nitrogen functional groups attached to an aromatic ring is 1. The summed E-state index contributed by atoms with van der Waals surface area (Å²) in [5.74, 6) is 0. The SMILES string of the molecule is Nc1cccc(-n2nncc2-c2ccc(Br)cc2)c1. The maximum absolute atomic E-state index is 5.81. The molecule has 0 saturated heterocycles. The van der Waals surface area contributed by atoms with Crippen LogP contribution in [0.25, 0.3) is 16.9 Å². The van der Waals surface area contributed by atoms with E-state index < -0.39 is 0 Å². The highest BCUT2D eigenvalue weighted by Gasteiger charge is 2.08. The van der Waals surface area contributed by atoms with Crippen molar-refractivity contribution in [2.45, 2.75) is 0 Å². The minimum absolute atomic E-state index is 0.703. The third-order valence-corrected chi connectivity index (χ3v) is 3.33. The van der Waals surface area contributed by atoms with Crippen molar-refractivity contribution in [2.24, 2.45) is 0 Å². The molecule has 94 valence electrons. The average Bonchev–Trinajstić information content (AvgIpc) is 2.89. The monoisotopic (exact) mass is 314 g/mol. The fourth-order valence-electron chi connectivity index (χ4n) is 1.90. The van der Waals surface area contributed by atoms with Crippen LogP contribution in [-0.4, -0.2) is 15.0 Å². The summed E-state index contributed by atoms with van der Waals surface area (Å²) in [6, 6.07) is 15.6. The summed E-state index contributed by atoms with van der Waals surface area (Å²) in [5.41, 5.74) is 9.39. The molecule has 4 nitrogen and oxygen atoms in total. The summed E-state index contributed by atoms with van der Waals surface area (Å²) in [6.45, 7) is 0. The Balaban J connectivity index is 2.10. The second-order valence-corrected chi connectivity index (χ2v) is 5.05. The van der Waals surface area contributed by atoms with Crippen molar-refractivity contribution in [3.63, 3.8) is 0 Å². The molecule has 0 fully saturated rings. The summed E-state index contributed by atoms with van der Waals surface area (Å²) < 4.78 is 2.82. The van der Waals surface area contributed by atoms with E-state index in [4.69, 9.17) is 5.73 Å². The minimum Gasteiger partial charge on any atom is -0.399 e. The molecule has 3 rings (SSSR count). The quantitative estimate of drug-likeness (QED) is 0.738. The zero-order valence-electron chi connectivity index (χ0n) is 9.99. The molecular formula is C14H11BrN4. The maximum atomic E-state index is 5.81. The van der Waals surface area contributed by atoms with Crippen LogP contribution < -0.4 is 5.73 Å². The van der Waals surface area contributed by atoms with Crippen molar-refractivity contribution in [3.8, 4) is 16.9 Å². The van der Waals surface area contributed by atoms with Crippen LogP contribution in [0, 0.1) is 0 Å². The van der Waals surface area contributed by atoms with Gasteiger partial charge in [0.1, 0.15) is 0 Å². The Hall–Kier alpha value is -2.14. The highest BCUT2D eigenvalue weighted by Crippen LogP contribution is 2.23. The molecule has 0 amide bonds. The second-order valence-electron chi connectivity index (χ2n) is 4.13. The Morgan fingerprint density at radius 1 is 1.05 bits per heavy atom. The molecule has 0 bridgehead atoms. The van der Waals surface area contributed by atoms with Crippen molar-refractivity contribution in [2.75, 3.05) is 5.73 Å². The number of nitrogens with zero attached hydrogens (tertiary/aromatic N) is 3. The molecule has 1 aromatic heterocycles. The van der Waals surface area contributed by atoms with Gasteiger partial charge in [-0.15, -0.1) is 5.10 Å². The van der Waals surface area contributed by atoms with Crippen molar-refractivity contribution in [1.82, 2.24) is 15.0 Å². The van der Waals surface area contributed by atoms with E-state index in [1.807, 2.05) is 48.5 Å². The fraction of sp³-hybridized carbons (Fsp3) is 0. The van der Waals surface area contributed by atoms with Crippen molar-refractivity contribution in [1.29, 1.82) is 0 Å². The van der Waals surface area contributed by atoms with Gasteiger partial charge in [-0.2, -0.15) is 0 Å². The van der Waals surface area contributed by atoms with E-state index in [2.05, 4.69) is 26.2 Å². The first kappa shape index (κ1) is 11.9. The lowest BCUT2D eigenvalue weighted by Gasteiger charge is -2.07. The van der Waals surface area contributed by atoms with Crippen LogP contribution in [-0.2, 0) is 0 Å². The van der Waals surface area contributed by atoms with Gasteiger partial charge in [-0.1, -0.05) is 39.3 Å². The Bertz CT molecular complexity index is 703. The van der Waals surface area contributed by atoms with Crippen molar-refractivity contribution >= 4 is 21.6 Å². The summed E-state index contributed by atoms with van der Waals surface area (Å²) in [7, 11) is 0. The molecule has 5 heteroatoms.